The van der Waals surface area contributed by atoms with Crippen LogP contribution in [0.25, 0.3) is 0 Å². The maximum absolute atomic E-state index is 12.3. The molecule has 0 heterocycles. The van der Waals surface area contributed by atoms with E-state index in [1.165, 1.54) is 0 Å². The van der Waals surface area contributed by atoms with Crippen molar-refractivity contribution in [2.24, 2.45) is 0 Å². The van der Waals surface area contributed by atoms with E-state index in [2.05, 4.69) is 0 Å². The van der Waals surface area contributed by atoms with Crippen LogP contribution in [0.5, 0.6) is 5.75 Å². The molecule has 0 unspecified atom stereocenters. The lowest BCUT2D eigenvalue weighted by atomic mass is 9.97. The number of anilines is 1. The number of nitrogen functional groups attached to an aromatic ring is 1. The highest BCUT2D eigenvalue weighted by Gasteiger charge is 2.14. The Bertz CT molecular complexity index is 624. The zero-order chi connectivity index (χ0) is 14.7. The SMILES string of the molecule is Cc1cc(C)c(C(=O)COc2ccccc2N)c(C)c1. The average molecular weight is 269 g/mol. The Balaban J connectivity index is 2.16. The number of Topliss-reactive ketones (excluding diaryl/α,β-unsaturated/α-hetero) is 1. The van der Waals surface area contributed by atoms with Crippen molar-refractivity contribution in [2.75, 3.05) is 12.3 Å². The third-order valence-corrected chi connectivity index (χ3v) is 3.23. The number of hydrogen-bond donors (Lipinski definition) is 1. The molecule has 3 heteroatoms. The second kappa shape index (κ2) is 5.78. The molecule has 20 heavy (non-hydrogen) atoms. The zero-order valence-electron chi connectivity index (χ0n) is 12.1. The van der Waals surface area contributed by atoms with Crippen molar-refractivity contribution < 1.29 is 9.53 Å². The highest BCUT2D eigenvalue weighted by Crippen LogP contribution is 2.21. The molecule has 2 N–H and O–H groups in total. The van der Waals surface area contributed by atoms with E-state index in [0.717, 1.165) is 22.3 Å². The van der Waals surface area contributed by atoms with Crippen molar-refractivity contribution in [3.05, 3.63) is 58.7 Å². The fraction of sp³-hybridized carbons (Fsp3) is 0.235. The predicted octanol–water partition coefficient (Wildman–Crippen LogP) is 3.46. The van der Waals surface area contributed by atoms with Crippen LogP contribution in [0.3, 0.4) is 0 Å². The Morgan fingerprint density at radius 2 is 1.70 bits per heavy atom. The number of carbonyl (C=O) groups is 1. The number of rotatable bonds is 4. The van der Waals surface area contributed by atoms with Crippen molar-refractivity contribution in [3.8, 4) is 5.75 Å². The van der Waals surface area contributed by atoms with Crippen LogP contribution in [0, 0.1) is 20.8 Å². The summed E-state index contributed by atoms with van der Waals surface area (Å²) in [5, 5.41) is 0. The molecule has 0 aromatic heterocycles. The molecule has 2 aromatic carbocycles. The molecule has 0 atom stereocenters. The topological polar surface area (TPSA) is 52.3 Å². The Hall–Kier alpha value is -2.29. The molecule has 0 aliphatic rings. The van der Waals surface area contributed by atoms with Crippen LogP contribution in [-0.4, -0.2) is 12.4 Å². The highest BCUT2D eigenvalue weighted by molar-refractivity contribution is 6.00. The molecule has 0 aliphatic heterocycles. The Morgan fingerprint density at radius 3 is 2.30 bits per heavy atom. The van der Waals surface area contributed by atoms with Crippen molar-refractivity contribution in [2.45, 2.75) is 20.8 Å². The molecule has 0 radical (unpaired) electrons. The van der Waals surface area contributed by atoms with Gasteiger partial charge >= 0.3 is 0 Å². The molecule has 0 amide bonds. The minimum Gasteiger partial charge on any atom is -0.483 e. The highest BCUT2D eigenvalue weighted by atomic mass is 16.5. The Kier molecular flexibility index (Phi) is 4.08. The molecule has 0 saturated heterocycles. The summed E-state index contributed by atoms with van der Waals surface area (Å²) in [5.74, 6) is 0.520. The van der Waals surface area contributed by atoms with Crippen LogP contribution in [0.2, 0.25) is 0 Å². The maximum atomic E-state index is 12.3. The zero-order valence-corrected chi connectivity index (χ0v) is 12.1. The molecule has 0 fully saturated rings. The molecular weight excluding hydrogens is 250 g/mol. The summed E-state index contributed by atoms with van der Waals surface area (Å²) in [7, 11) is 0. The van der Waals surface area contributed by atoms with Crippen LogP contribution < -0.4 is 10.5 Å². The second-order valence-corrected chi connectivity index (χ2v) is 5.02. The van der Waals surface area contributed by atoms with Crippen molar-refractivity contribution >= 4 is 11.5 Å². The summed E-state index contributed by atoms with van der Waals surface area (Å²) in [4.78, 5) is 12.3. The average Bonchev–Trinajstić information content (AvgIpc) is 2.36. The molecule has 104 valence electrons. The first kappa shape index (κ1) is 14.1. The van der Waals surface area contributed by atoms with Gasteiger partial charge in [0.25, 0.3) is 0 Å². The summed E-state index contributed by atoms with van der Waals surface area (Å²) in [5.41, 5.74) is 10.2. The van der Waals surface area contributed by atoms with Crippen LogP contribution in [0.15, 0.2) is 36.4 Å². The van der Waals surface area contributed by atoms with E-state index in [4.69, 9.17) is 10.5 Å². The second-order valence-electron chi connectivity index (χ2n) is 5.02. The van der Waals surface area contributed by atoms with Gasteiger partial charge < -0.3 is 10.5 Å². The number of ketones is 1. The van der Waals surface area contributed by atoms with E-state index in [0.29, 0.717) is 11.4 Å². The molecule has 0 aliphatic carbocycles. The first-order valence-corrected chi connectivity index (χ1v) is 6.57. The predicted molar refractivity (Wildman–Crippen MR) is 81.3 cm³/mol. The van der Waals surface area contributed by atoms with Gasteiger partial charge in [-0.25, -0.2) is 0 Å². The largest absolute Gasteiger partial charge is 0.483 e. The van der Waals surface area contributed by atoms with E-state index < -0.39 is 0 Å². The van der Waals surface area contributed by atoms with E-state index in [9.17, 15) is 4.79 Å². The summed E-state index contributed by atoms with van der Waals surface area (Å²) >= 11 is 0. The Morgan fingerprint density at radius 1 is 1.10 bits per heavy atom. The van der Waals surface area contributed by atoms with Crippen LogP contribution in [0.1, 0.15) is 27.0 Å². The normalized spacial score (nSPS) is 10.3. The van der Waals surface area contributed by atoms with Crippen molar-refractivity contribution in [3.63, 3.8) is 0 Å². The third-order valence-electron chi connectivity index (χ3n) is 3.23. The monoisotopic (exact) mass is 269 g/mol. The molecule has 0 bridgehead atoms. The van der Waals surface area contributed by atoms with Crippen LogP contribution in [0.4, 0.5) is 5.69 Å². The van der Waals surface area contributed by atoms with Gasteiger partial charge in [-0.1, -0.05) is 29.8 Å². The van der Waals surface area contributed by atoms with Crippen LogP contribution >= 0.6 is 0 Å². The van der Waals surface area contributed by atoms with Gasteiger partial charge in [-0.2, -0.15) is 0 Å². The lowest BCUT2D eigenvalue weighted by Gasteiger charge is -2.12. The van der Waals surface area contributed by atoms with Gasteiger partial charge in [0.05, 0.1) is 5.69 Å². The molecule has 2 rings (SSSR count). The fourth-order valence-corrected chi connectivity index (χ4v) is 2.45. The lowest BCUT2D eigenvalue weighted by Crippen LogP contribution is -2.15. The number of ether oxygens (including phenoxy) is 1. The van der Waals surface area contributed by atoms with Gasteiger partial charge in [0, 0.05) is 5.56 Å². The Labute approximate surface area is 119 Å². The maximum Gasteiger partial charge on any atom is 0.200 e. The first-order chi connectivity index (χ1) is 9.49. The van der Waals surface area contributed by atoms with E-state index in [1.807, 2.05) is 45.0 Å². The van der Waals surface area contributed by atoms with Gasteiger partial charge in [-0.3, -0.25) is 4.79 Å². The number of benzene rings is 2. The third kappa shape index (κ3) is 2.99. The van der Waals surface area contributed by atoms with Gasteiger partial charge in [-0.05, 0) is 44.0 Å². The summed E-state index contributed by atoms with van der Waals surface area (Å²) in [6.45, 7) is 5.92. The molecule has 3 nitrogen and oxygen atoms in total. The number of hydrogen-bond acceptors (Lipinski definition) is 3. The molecular formula is C17H19NO2. The summed E-state index contributed by atoms with van der Waals surface area (Å²) in [6.07, 6.45) is 0. The van der Waals surface area contributed by atoms with Crippen molar-refractivity contribution in [1.29, 1.82) is 0 Å². The van der Waals surface area contributed by atoms with Gasteiger partial charge in [0.15, 0.2) is 6.61 Å². The van der Waals surface area contributed by atoms with E-state index in [1.54, 1.807) is 12.1 Å². The number of nitrogens with two attached hydrogens (primary N) is 1. The molecule has 0 spiro atoms. The van der Waals surface area contributed by atoms with E-state index >= 15 is 0 Å². The lowest BCUT2D eigenvalue weighted by molar-refractivity contribution is 0.0921. The van der Waals surface area contributed by atoms with E-state index in [-0.39, 0.29) is 12.4 Å². The number of aryl methyl sites for hydroxylation is 3. The van der Waals surface area contributed by atoms with Gasteiger partial charge in [-0.15, -0.1) is 0 Å². The summed E-state index contributed by atoms with van der Waals surface area (Å²) in [6, 6.07) is 11.2. The standard InChI is InChI=1S/C17H19NO2/c1-11-8-12(2)17(13(3)9-11)15(19)10-20-16-7-5-4-6-14(16)18/h4-9H,10,18H2,1-3H3. The van der Waals surface area contributed by atoms with Crippen molar-refractivity contribution in [1.82, 2.24) is 0 Å². The smallest absolute Gasteiger partial charge is 0.200 e. The molecule has 0 saturated carbocycles. The minimum atomic E-state index is -0.0248. The minimum absolute atomic E-state index is 0.00104. The molecule has 2 aromatic rings. The first-order valence-electron chi connectivity index (χ1n) is 6.57. The number of carbonyl (C=O) groups excluding carboxylic acids is 1. The van der Waals surface area contributed by atoms with Gasteiger partial charge in [0.1, 0.15) is 5.75 Å². The number of para-hydroxylation sites is 2. The van der Waals surface area contributed by atoms with Gasteiger partial charge in [0.2, 0.25) is 5.78 Å². The fourth-order valence-electron chi connectivity index (χ4n) is 2.45. The van der Waals surface area contributed by atoms with Crippen LogP contribution in [-0.2, 0) is 0 Å². The quantitative estimate of drug-likeness (QED) is 0.683. The summed E-state index contributed by atoms with van der Waals surface area (Å²) < 4.78 is 5.52.